The first-order valence-electron chi connectivity index (χ1n) is 47.8. The topological polar surface area (TPSA) is 350 Å². The van der Waals surface area contributed by atoms with Crippen molar-refractivity contribution in [3.05, 3.63) is 0 Å². The van der Waals surface area contributed by atoms with Crippen LogP contribution >= 0.6 is 23.5 Å². The van der Waals surface area contributed by atoms with Gasteiger partial charge in [-0.05, 0) is 76.3 Å². The molecule has 20 heterocycles. The molecule has 0 aromatic carbocycles. The predicted octanol–water partition coefficient (Wildman–Crippen LogP) is -2.51. The van der Waals surface area contributed by atoms with Crippen LogP contribution in [0.15, 0.2) is 0 Å². The van der Waals surface area contributed by atoms with Crippen LogP contribution in [0.4, 0.5) is 0 Å². The Bertz CT molecular complexity index is 3690. The summed E-state index contributed by atoms with van der Waals surface area (Å²) in [5, 5.41) is 6.94. The lowest BCUT2D eigenvalue weighted by atomic mass is 9.68. The van der Waals surface area contributed by atoms with Crippen LogP contribution in [0.3, 0.4) is 0 Å². The normalized spacial score (nSPS) is 50.2. The Morgan fingerprint density at radius 3 is 1.38 bits per heavy atom. The minimum Gasteiger partial charge on any atom is -0.382 e. The summed E-state index contributed by atoms with van der Waals surface area (Å²) < 4.78 is 192. The van der Waals surface area contributed by atoms with Crippen molar-refractivity contribution in [3.63, 3.8) is 0 Å². The number of methoxy groups -OCH3 is 20. The molecule has 0 spiro atoms. The maximum atomic E-state index is 6.20. The molecule has 20 aliphatic rings. The van der Waals surface area contributed by atoms with Gasteiger partial charge >= 0.3 is 0 Å². The fourth-order valence-electron chi connectivity index (χ4n) is 25.4. The molecule has 141 heavy (non-hydrogen) atoms. The van der Waals surface area contributed by atoms with Crippen molar-refractivity contribution in [2.24, 2.45) is 0 Å². The average Bonchev–Trinajstić information content (AvgIpc) is 1.52. The molecule has 38 nitrogen and oxygen atoms in total. The number of nitrogens with zero attached hydrogens (tertiary/aromatic N) is 1. The molecule has 20 rings (SSSR count). The van der Waals surface area contributed by atoms with Gasteiger partial charge in [0.05, 0.1) is 130 Å². The molecule has 0 aromatic heterocycles. The van der Waals surface area contributed by atoms with E-state index in [-0.39, 0.29) is 166 Å². The molecular formula is C91H155B10N3O35S2. The van der Waals surface area contributed by atoms with E-state index >= 15 is 0 Å². The Morgan fingerprint density at radius 2 is 0.872 bits per heavy atom. The zero-order valence-electron chi connectivity index (χ0n) is 88.9. The smallest absolute Gasteiger partial charge is 0.148 e. The summed E-state index contributed by atoms with van der Waals surface area (Å²) in [5.41, 5.74) is -8.27. The number of fused-ring (bicyclic) bond motifs is 20. The van der Waals surface area contributed by atoms with Crippen LogP contribution in [0.5, 0.6) is 0 Å². The van der Waals surface area contributed by atoms with Gasteiger partial charge in [0.15, 0.2) is 0 Å². The van der Waals surface area contributed by atoms with Gasteiger partial charge in [-0.3, -0.25) is 4.90 Å². The molecular weight excluding hydrogens is 1870 g/mol. The highest BCUT2D eigenvalue weighted by atomic mass is 32.2. The maximum absolute atomic E-state index is 6.20. The van der Waals surface area contributed by atoms with Gasteiger partial charge in [0.1, 0.15) is 226 Å². The number of morpholine rings is 3. The van der Waals surface area contributed by atoms with E-state index in [0.29, 0.717) is 85.8 Å². The first-order valence-corrected chi connectivity index (χ1v) is 49.8. The first kappa shape index (κ1) is 121. The summed E-state index contributed by atoms with van der Waals surface area (Å²) in [5.74, 6) is 1.79. The number of nitrogens with one attached hydrogen (secondary N) is 2. The van der Waals surface area contributed by atoms with Gasteiger partial charge in [-0.25, -0.2) is 0 Å². The summed E-state index contributed by atoms with van der Waals surface area (Å²) >= 11 is 3.63. The number of rotatable bonds is 30. The Hall–Kier alpha value is -0.171. The Labute approximate surface area is 858 Å². The lowest BCUT2D eigenvalue weighted by molar-refractivity contribution is -0.223. The van der Waals surface area contributed by atoms with Gasteiger partial charge in [-0.1, -0.05) is 0 Å². The van der Waals surface area contributed by atoms with E-state index in [0.717, 1.165) is 24.6 Å². The summed E-state index contributed by atoms with van der Waals surface area (Å²) in [6.07, 6.45) is -1.57. The highest BCUT2D eigenvalue weighted by molar-refractivity contribution is 8.01. The van der Waals surface area contributed by atoms with Gasteiger partial charge in [-0.2, -0.15) is 11.8 Å². The third-order valence-electron chi connectivity index (χ3n) is 32.3. The van der Waals surface area contributed by atoms with Crippen LogP contribution in [0.1, 0.15) is 69.2 Å². The number of likely N-dealkylation sites (N-methyl/N-ethyl adjacent to an activating group) is 1. The monoisotopic (exact) mass is 2020 g/mol. The quantitative estimate of drug-likeness (QED) is 0.0702. The SMILES string of the molecule is [B][C@@H]1O[C@@]2(C(C)OC)COC1[C@H]2OC.[B][C@@H]1O[C@@]2(COC)C(C)OC1[C@H]2OC.[B][C@@H]1O[C@@]2(COC)CN(C)C1[C@H]2OC.[B][C@@H]1O[C@@]2(COC)CNC1[C@H]2OC.[B][C@@H]1O[C@@]2(COC)COC1[C@H]2OC.[B][C@@H]1O[C@@]2(COC)CSC1[C@H]2OC.[B][C@@H]1O[C@]2(COC)[C@H](OC)C1OC2(C)C.[B][C@]1(C)O[C@]2(COC)CNC1(C)[C@@H]2OC.[B][C@]1(C)O[C@]2(COC)COC1(C)[C@@H]2OC.[B][C@]1(C)O[C@]2(COC)CSC1(C)[C@@H]2OC. The second-order valence-corrected chi connectivity index (χ2v) is 44.1. The van der Waals surface area contributed by atoms with Crippen LogP contribution < -0.4 is 10.6 Å². The zero-order valence-corrected chi connectivity index (χ0v) is 90.5. The molecule has 20 bridgehead atoms. The van der Waals surface area contributed by atoms with Crippen molar-refractivity contribution < 1.29 is 166 Å². The molecule has 20 radical (unpaired) electrons. The molecule has 0 saturated carbocycles. The van der Waals surface area contributed by atoms with E-state index in [1.807, 2.05) is 92.9 Å². The molecule has 20 fully saturated rings. The van der Waals surface area contributed by atoms with E-state index in [9.17, 15) is 0 Å². The second-order valence-electron chi connectivity index (χ2n) is 41.5. The number of thioether (sulfide) groups is 2. The third kappa shape index (κ3) is 21.0. The highest BCUT2D eigenvalue weighted by Crippen LogP contribution is 2.62. The molecule has 20 aliphatic heterocycles. The molecule has 2 N–H and O–H groups in total. The van der Waals surface area contributed by atoms with Gasteiger partial charge < -0.3 is 176 Å². The van der Waals surface area contributed by atoms with Crippen LogP contribution in [0.25, 0.3) is 0 Å². The third-order valence-corrected chi connectivity index (χ3v) is 35.8. The Morgan fingerprint density at radius 1 is 0.390 bits per heavy atom. The first-order chi connectivity index (χ1) is 66.4. The predicted molar refractivity (Wildman–Crippen MR) is 528 cm³/mol. The van der Waals surface area contributed by atoms with Crippen LogP contribution in [-0.4, -0.2) is 594 Å². The van der Waals surface area contributed by atoms with Gasteiger partial charge in [0.25, 0.3) is 0 Å². The fourth-order valence-corrected chi connectivity index (χ4v) is 28.6. The van der Waals surface area contributed by atoms with Crippen molar-refractivity contribution in [3.8, 4) is 0 Å². The van der Waals surface area contributed by atoms with Gasteiger partial charge in [0, 0.05) is 226 Å². The molecule has 0 amide bonds. The summed E-state index contributed by atoms with van der Waals surface area (Å²) in [7, 11) is 94.3. The Kier molecular flexibility index (Phi) is 40.6. The molecule has 20 saturated heterocycles. The fraction of sp³-hybridized carbons (Fsp3) is 1.00. The molecule has 42 atom stereocenters. The van der Waals surface area contributed by atoms with Crippen LogP contribution in [0, 0.1) is 0 Å². The van der Waals surface area contributed by atoms with Crippen LogP contribution in [0.2, 0.25) is 0 Å². The summed E-state index contributed by atoms with van der Waals surface area (Å²) in [6.45, 7) is 27.6. The number of hydrogen-bond donors (Lipinski definition) is 2. The van der Waals surface area contributed by atoms with E-state index in [4.69, 9.17) is 244 Å². The minimum absolute atomic E-state index is 0.00227. The maximum Gasteiger partial charge on any atom is 0.148 e. The Balaban J connectivity index is 0.000000150. The van der Waals surface area contributed by atoms with Gasteiger partial charge in [-0.15, -0.1) is 11.8 Å². The average molecular weight is 2020 g/mol. The molecule has 12 unspecified atom stereocenters. The second kappa shape index (κ2) is 47.2. The lowest BCUT2D eigenvalue weighted by Crippen LogP contribution is -2.61. The van der Waals surface area contributed by atoms with E-state index in [2.05, 4.69) is 22.5 Å². The van der Waals surface area contributed by atoms with Crippen molar-refractivity contribution in [2.75, 3.05) is 260 Å². The lowest BCUT2D eigenvalue weighted by Gasteiger charge is -2.42. The van der Waals surface area contributed by atoms with Crippen molar-refractivity contribution in [1.29, 1.82) is 0 Å². The molecule has 786 valence electrons. The largest absolute Gasteiger partial charge is 0.382 e. The number of likely N-dealkylation sites (tertiary alicyclic amines) is 1. The van der Waals surface area contributed by atoms with Crippen LogP contribution in [-0.2, 0) is 166 Å². The van der Waals surface area contributed by atoms with E-state index in [1.54, 1.807) is 142 Å². The number of hydrogen-bond acceptors (Lipinski definition) is 40. The van der Waals surface area contributed by atoms with E-state index in [1.165, 1.54) is 0 Å². The molecule has 50 heteroatoms. The highest BCUT2D eigenvalue weighted by Gasteiger charge is 2.76. The number of ether oxygens (including phenoxy) is 35. The van der Waals surface area contributed by atoms with Crippen molar-refractivity contribution >= 4 is 102 Å². The van der Waals surface area contributed by atoms with E-state index < -0.39 is 85.3 Å². The summed E-state index contributed by atoms with van der Waals surface area (Å²) in [6, 6.07) is -2.17. The molecule has 0 aliphatic carbocycles. The molecule has 0 aromatic rings. The van der Waals surface area contributed by atoms with Gasteiger partial charge in [0.2, 0.25) is 0 Å². The summed E-state index contributed by atoms with van der Waals surface area (Å²) in [4.78, 5) is 2.18. The zero-order chi connectivity index (χ0) is 105. The standard InChI is InChI=1S/C10H18BNO3.2C10H17BO4.C10H17BO3S.C9H16BNO3.2C9H15BO4.C8H14BNO3.C8H13BO4.C8H13BO3S/c1-8-7(14-4)10(5-12-8,6-13-3)15-9(8,2)11;1-8-7(13-4)10(5-12-3,6-14-8)15-9(8,2)11;1-9(2)10(5-12-3)7(13-4)6(14-9)8(11)15-10;1-8-7(13-4)10(5-12-3,6-15-8)14-9(8,2)11;1-11-4-9(5-12-2)7(13-3)6(11)8(10)14-9;1-5(11-2)9-4-13-6(7(9)12-3)8(10)14-9;1-5-9(4-11-2)7(12-3)6(13-5)8(10)14-9;1-11-4-8-3-10-5(6(8)12-2)7(9)13-8;1-10-3-8-4-12-5(6(8)11-2)7(9)13-8;1-10-3-8-4-13-5(6(8)11-2)7(9)12-8/h7,12H,5-6H2,1-4H3;7H,5-6H2,1-4H3;6-8H,5H2,1-4H3;7H,5-6H2,1-4H3;6-8H,4-5H2,1-3H3;2*5-8H,4H2,1-3H3;5-7,10H,3-4H2,1-2H3;2*5-7H,3-4H2,1-2H3/t7-,8?,9+,10-;7-,8?,9+,10+;6?,7-,8-,10-;7-,8?,9+,10+;6?,7-,8-,9-;5?,6?,7-,8-,9-;5?,6?,7-,8-,9+;5?,6-,7-,8-;2*5?,6-,7-,8+/m0010111111/s1. The minimum atomic E-state index is -0.843. The van der Waals surface area contributed by atoms with Crippen molar-refractivity contribution in [2.45, 2.75) is 320 Å². The van der Waals surface area contributed by atoms with Crippen molar-refractivity contribution in [1.82, 2.24) is 15.5 Å².